The third kappa shape index (κ3) is 5.48. The highest BCUT2D eigenvalue weighted by atomic mass is 16.2. The van der Waals surface area contributed by atoms with Crippen molar-refractivity contribution in [2.75, 3.05) is 33.7 Å². The van der Waals surface area contributed by atoms with Crippen LogP contribution in [0.3, 0.4) is 0 Å². The molecule has 2 amide bonds. The molecule has 1 fully saturated rings. The Bertz CT molecular complexity index is 526. The van der Waals surface area contributed by atoms with Gasteiger partial charge in [-0.15, -0.1) is 0 Å². The molecular formula is C19H32N4O. The Balaban J connectivity index is 1.72. The number of piperidine rings is 1. The number of hydrogen-bond acceptors (Lipinski definition) is 3. The quantitative estimate of drug-likeness (QED) is 0.871. The Morgan fingerprint density at radius 2 is 2.17 bits per heavy atom. The summed E-state index contributed by atoms with van der Waals surface area (Å²) in [6.45, 7) is 7.27. The summed E-state index contributed by atoms with van der Waals surface area (Å²) in [5, 5.41) is 3.08. The maximum atomic E-state index is 12.3. The number of nitrogens with one attached hydrogen (secondary N) is 1. The number of likely N-dealkylation sites (tertiary alicyclic amines) is 1. The average molecular weight is 332 g/mol. The molecule has 1 N–H and O–H groups in total. The van der Waals surface area contributed by atoms with E-state index in [0.29, 0.717) is 0 Å². The van der Waals surface area contributed by atoms with Crippen LogP contribution in [-0.4, -0.2) is 60.6 Å². The molecule has 1 atom stereocenters. The minimum Gasteiger partial charge on any atom is -0.338 e. The molecule has 1 aliphatic heterocycles. The molecule has 0 aromatic carbocycles. The number of carbonyl (C=O) groups is 1. The number of likely N-dealkylation sites (N-methyl/N-ethyl adjacent to an activating group) is 1. The van der Waals surface area contributed by atoms with E-state index >= 15 is 0 Å². The van der Waals surface area contributed by atoms with Crippen molar-refractivity contribution >= 4 is 6.03 Å². The van der Waals surface area contributed by atoms with E-state index in [4.69, 9.17) is 0 Å². The lowest BCUT2D eigenvalue weighted by atomic mass is 9.94. The molecule has 1 aliphatic rings. The molecule has 0 spiro atoms. The van der Waals surface area contributed by atoms with Crippen LogP contribution in [0, 0.1) is 12.8 Å². The molecule has 5 heteroatoms. The number of hydrogen-bond donors (Lipinski definition) is 1. The van der Waals surface area contributed by atoms with Gasteiger partial charge in [0.1, 0.15) is 0 Å². The Morgan fingerprint density at radius 3 is 2.83 bits per heavy atom. The number of urea groups is 1. The van der Waals surface area contributed by atoms with Gasteiger partial charge in [-0.3, -0.25) is 4.98 Å². The summed E-state index contributed by atoms with van der Waals surface area (Å²) in [7, 11) is 4.05. The molecule has 2 rings (SSSR count). The minimum atomic E-state index is 0.0176. The number of rotatable bonds is 6. The second kappa shape index (κ2) is 9.02. The van der Waals surface area contributed by atoms with Crippen molar-refractivity contribution in [2.24, 2.45) is 5.92 Å². The van der Waals surface area contributed by atoms with Crippen LogP contribution < -0.4 is 5.32 Å². The first-order valence-electron chi connectivity index (χ1n) is 9.07. The van der Waals surface area contributed by atoms with Crippen LogP contribution in [0.4, 0.5) is 4.79 Å². The summed E-state index contributed by atoms with van der Waals surface area (Å²) in [6, 6.07) is 4.16. The van der Waals surface area contributed by atoms with Gasteiger partial charge in [-0.1, -0.05) is 6.07 Å². The van der Waals surface area contributed by atoms with Crippen LogP contribution in [0.2, 0.25) is 0 Å². The average Bonchev–Trinajstić information content (AvgIpc) is 2.58. The third-order valence-electron chi connectivity index (χ3n) is 5.26. The van der Waals surface area contributed by atoms with Gasteiger partial charge >= 0.3 is 6.03 Å². The SMILES string of the molecule is Cc1cccnc1C[C@@H](C)N(C)C(=O)NCCC1CCN(C)CC1. The number of aromatic nitrogens is 1. The number of pyridine rings is 1. The van der Waals surface area contributed by atoms with Gasteiger partial charge in [0.25, 0.3) is 0 Å². The van der Waals surface area contributed by atoms with Crippen LogP contribution in [0.5, 0.6) is 0 Å². The second-order valence-corrected chi connectivity index (χ2v) is 7.20. The molecule has 134 valence electrons. The monoisotopic (exact) mass is 332 g/mol. The summed E-state index contributed by atoms with van der Waals surface area (Å²) < 4.78 is 0. The highest BCUT2D eigenvalue weighted by molar-refractivity contribution is 5.74. The molecule has 0 saturated carbocycles. The van der Waals surface area contributed by atoms with E-state index in [1.165, 1.54) is 31.5 Å². The van der Waals surface area contributed by atoms with Crippen LogP contribution >= 0.6 is 0 Å². The predicted molar refractivity (Wildman–Crippen MR) is 98.1 cm³/mol. The maximum absolute atomic E-state index is 12.3. The molecule has 1 aromatic heterocycles. The number of amides is 2. The molecule has 24 heavy (non-hydrogen) atoms. The normalized spacial score (nSPS) is 17.5. The summed E-state index contributed by atoms with van der Waals surface area (Å²) in [5.74, 6) is 0.750. The van der Waals surface area contributed by atoms with Crippen molar-refractivity contribution in [3.63, 3.8) is 0 Å². The molecule has 0 aliphatic carbocycles. The van der Waals surface area contributed by atoms with Crippen LogP contribution in [-0.2, 0) is 6.42 Å². The van der Waals surface area contributed by atoms with E-state index in [0.717, 1.165) is 31.0 Å². The van der Waals surface area contributed by atoms with Crippen molar-refractivity contribution < 1.29 is 4.79 Å². The fourth-order valence-corrected chi connectivity index (χ4v) is 3.21. The van der Waals surface area contributed by atoms with E-state index in [9.17, 15) is 4.79 Å². The van der Waals surface area contributed by atoms with Crippen LogP contribution in [0.25, 0.3) is 0 Å². The molecule has 1 aromatic rings. The number of nitrogens with zero attached hydrogens (tertiary/aromatic N) is 3. The molecular weight excluding hydrogens is 300 g/mol. The Hall–Kier alpha value is -1.62. The topological polar surface area (TPSA) is 48.5 Å². The molecule has 1 saturated heterocycles. The van der Waals surface area contributed by atoms with Crippen molar-refractivity contribution in [1.29, 1.82) is 0 Å². The largest absolute Gasteiger partial charge is 0.338 e. The first kappa shape index (κ1) is 18.7. The number of aryl methyl sites for hydroxylation is 1. The van der Waals surface area contributed by atoms with Gasteiger partial charge in [-0.25, -0.2) is 4.79 Å². The van der Waals surface area contributed by atoms with Gasteiger partial charge in [-0.05, 0) is 70.8 Å². The van der Waals surface area contributed by atoms with Crippen molar-refractivity contribution in [2.45, 2.75) is 45.6 Å². The van der Waals surface area contributed by atoms with E-state index < -0.39 is 0 Å². The molecule has 5 nitrogen and oxygen atoms in total. The summed E-state index contributed by atoms with van der Waals surface area (Å²) in [4.78, 5) is 20.9. The minimum absolute atomic E-state index is 0.0176. The zero-order valence-corrected chi connectivity index (χ0v) is 15.6. The first-order chi connectivity index (χ1) is 11.5. The van der Waals surface area contributed by atoms with Gasteiger partial charge in [0, 0.05) is 37.9 Å². The van der Waals surface area contributed by atoms with Gasteiger partial charge in [0.05, 0.1) is 0 Å². The second-order valence-electron chi connectivity index (χ2n) is 7.20. The van der Waals surface area contributed by atoms with Gasteiger partial charge < -0.3 is 15.1 Å². The van der Waals surface area contributed by atoms with Gasteiger partial charge in [0.15, 0.2) is 0 Å². The lowest BCUT2D eigenvalue weighted by molar-refractivity contribution is 0.188. The Kier molecular flexibility index (Phi) is 7.03. The predicted octanol–water partition coefficient (Wildman–Crippen LogP) is 2.69. The zero-order chi connectivity index (χ0) is 17.5. The number of carbonyl (C=O) groups excluding carboxylic acids is 1. The van der Waals surface area contributed by atoms with Gasteiger partial charge in [-0.2, -0.15) is 0 Å². The standard InChI is InChI=1S/C19H32N4O/c1-15-6-5-10-20-18(15)14-16(2)23(4)19(24)21-11-7-17-8-12-22(3)13-9-17/h5-6,10,16-17H,7-9,11-14H2,1-4H3,(H,21,24)/t16-/m1/s1. The van der Waals surface area contributed by atoms with E-state index in [-0.39, 0.29) is 12.1 Å². The van der Waals surface area contributed by atoms with Crippen molar-refractivity contribution in [3.8, 4) is 0 Å². The lowest BCUT2D eigenvalue weighted by Crippen LogP contribution is -2.44. The van der Waals surface area contributed by atoms with E-state index in [2.05, 4.69) is 42.2 Å². The smallest absolute Gasteiger partial charge is 0.317 e. The first-order valence-corrected chi connectivity index (χ1v) is 9.07. The molecule has 0 bridgehead atoms. The summed E-state index contributed by atoms with van der Waals surface area (Å²) in [6.07, 6.45) is 6.18. The lowest BCUT2D eigenvalue weighted by Gasteiger charge is -2.29. The third-order valence-corrected chi connectivity index (χ3v) is 5.26. The molecule has 2 heterocycles. The van der Waals surface area contributed by atoms with Crippen LogP contribution in [0.15, 0.2) is 18.3 Å². The fourth-order valence-electron chi connectivity index (χ4n) is 3.21. The van der Waals surface area contributed by atoms with Crippen LogP contribution in [0.1, 0.15) is 37.4 Å². The zero-order valence-electron chi connectivity index (χ0n) is 15.6. The van der Waals surface area contributed by atoms with E-state index in [1.807, 2.05) is 19.3 Å². The van der Waals surface area contributed by atoms with Gasteiger partial charge in [0.2, 0.25) is 0 Å². The van der Waals surface area contributed by atoms with Crippen molar-refractivity contribution in [3.05, 3.63) is 29.6 Å². The van der Waals surface area contributed by atoms with E-state index in [1.54, 1.807) is 4.90 Å². The summed E-state index contributed by atoms with van der Waals surface area (Å²) in [5.41, 5.74) is 2.25. The molecule has 0 unspecified atom stereocenters. The fraction of sp³-hybridized carbons (Fsp3) is 0.684. The Morgan fingerprint density at radius 1 is 1.46 bits per heavy atom. The summed E-state index contributed by atoms with van der Waals surface area (Å²) >= 11 is 0. The Labute approximate surface area is 146 Å². The highest BCUT2D eigenvalue weighted by Gasteiger charge is 2.19. The maximum Gasteiger partial charge on any atom is 0.317 e. The van der Waals surface area contributed by atoms with Crippen molar-refractivity contribution in [1.82, 2.24) is 20.1 Å². The molecule has 0 radical (unpaired) electrons. The highest BCUT2D eigenvalue weighted by Crippen LogP contribution is 2.18.